The summed E-state index contributed by atoms with van der Waals surface area (Å²) in [7, 11) is 0. The van der Waals surface area contributed by atoms with Crippen molar-refractivity contribution in [2.75, 3.05) is 4.90 Å². The van der Waals surface area contributed by atoms with Crippen molar-refractivity contribution in [1.82, 2.24) is 0 Å². The van der Waals surface area contributed by atoms with Crippen LogP contribution in [0.2, 0.25) is 0 Å². The molecule has 1 aliphatic carbocycles. The van der Waals surface area contributed by atoms with Crippen molar-refractivity contribution in [2.24, 2.45) is 0 Å². The molecule has 0 N–H and O–H groups in total. The van der Waals surface area contributed by atoms with Crippen LogP contribution in [-0.2, 0) is 5.41 Å². The second kappa shape index (κ2) is 13.7. The fraction of sp³-hybridized carbons (Fsp3) is 0.0545. The lowest BCUT2D eigenvalue weighted by Gasteiger charge is -2.29. The van der Waals surface area contributed by atoms with Gasteiger partial charge in [0.15, 0.2) is 0 Å². The number of rotatable bonds is 7. The number of anilines is 3. The number of nitrogens with zero attached hydrogens (tertiary/aromatic N) is 1. The maximum absolute atomic E-state index is 2.44. The molecule has 266 valence electrons. The van der Waals surface area contributed by atoms with Gasteiger partial charge in [-0.2, -0.15) is 0 Å². The SMILES string of the molecule is CC1(C)c2ccccc2-c2ccc(N(c3ccc(-c4cccc5ccccc45)cc3)c3ccc(-c4ccccc4-c4ccccc4)c(-c4ccccc4)c3)cc21. The van der Waals surface area contributed by atoms with Crippen LogP contribution in [-0.4, -0.2) is 0 Å². The summed E-state index contributed by atoms with van der Waals surface area (Å²) in [5.41, 5.74) is 18.3. The summed E-state index contributed by atoms with van der Waals surface area (Å²) in [5, 5.41) is 2.51. The lowest BCUT2D eigenvalue weighted by atomic mass is 9.82. The zero-order valence-electron chi connectivity index (χ0n) is 31.7. The van der Waals surface area contributed by atoms with Crippen LogP contribution in [0.3, 0.4) is 0 Å². The minimum absolute atomic E-state index is 0.119. The normalized spacial score (nSPS) is 12.6. The lowest BCUT2D eigenvalue weighted by Crippen LogP contribution is -2.16. The summed E-state index contributed by atoms with van der Waals surface area (Å²) in [6, 6.07) is 77.6. The highest BCUT2D eigenvalue weighted by molar-refractivity contribution is 5.98. The molecule has 0 heterocycles. The van der Waals surface area contributed by atoms with Crippen LogP contribution >= 0.6 is 0 Å². The fourth-order valence-electron chi connectivity index (χ4n) is 8.90. The molecular weight excluding hydrogens is 675 g/mol. The number of hydrogen-bond acceptors (Lipinski definition) is 1. The van der Waals surface area contributed by atoms with Gasteiger partial charge in [0.25, 0.3) is 0 Å². The molecule has 1 heteroatoms. The van der Waals surface area contributed by atoms with Gasteiger partial charge in [0, 0.05) is 22.5 Å². The van der Waals surface area contributed by atoms with Crippen LogP contribution in [0.1, 0.15) is 25.0 Å². The molecule has 0 saturated heterocycles. The molecule has 0 aromatic heterocycles. The predicted molar refractivity (Wildman–Crippen MR) is 238 cm³/mol. The Labute approximate surface area is 329 Å². The quantitative estimate of drug-likeness (QED) is 0.159. The Morgan fingerprint density at radius 3 is 1.54 bits per heavy atom. The Kier molecular flexibility index (Phi) is 8.23. The summed E-state index contributed by atoms with van der Waals surface area (Å²) in [6.45, 7) is 4.72. The zero-order valence-corrected chi connectivity index (χ0v) is 31.7. The van der Waals surface area contributed by atoms with E-state index in [2.05, 4.69) is 231 Å². The summed E-state index contributed by atoms with van der Waals surface area (Å²) >= 11 is 0. The van der Waals surface area contributed by atoms with Gasteiger partial charge in [-0.15, -0.1) is 0 Å². The van der Waals surface area contributed by atoms with Crippen molar-refractivity contribution < 1.29 is 0 Å². The second-order valence-corrected chi connectivity index (χ2v) is 15.3. The highest BCUT2D eigenvalue weighted by Crippen LogP contribution is 2.51. The first kappa shape index (κ1) is 33.6. The van der Waals surface area contributed by atoms with Crippen LogP contribution in [0, 0.1) is 0 Å². The first-order valence-corrected chi connectivity index (χ1v) is 19.5. The van der Waals surface area contributed by atoms with Crippen LogP contribution < -0.4 is 4.90 Å². The van der Waals surface area contributed by atoms with Crippen LogP contribution in [0.25, 0.3) is 66.4 Å². The number of benzene rings is 9. The minimum atomic E-state index is -0.119. The number of hydrogen-bond donors (Lipinski definition) is 0. The molecule has 0 radical (unpaired) electrons. The molecule has 9 aromatic carbocycles. The van der Waals surface area contributed by atoms with Crippen molar-refractivity contribution in [3.63, 3.8) is 0 Å². The van der Waals surface area contributed by atoms with E-state index >= 15 is 0 Å². The van der Waals surface area contributed by atoms with Gasteiger partial charge in [0.1, 0.15) is 0 Å². The van der Waals surface area contributed by atoms with E-state index in [0.717, 1.165) is 17.1 Å². The van der Waals surface area contributed by atoms with Crippen molar-refractivity contribution in [2.45, 2.75) is 19.3 Å². The van der Waals surface area contributed by atoms with Crippen LogP contribution in [0.4, 0.5) is 17.1 Å². The molecular formula is C55H41N. The van der Waals surface area contributed by atoms with Gasteiger partial charge in [-0.1, -0.05) is 190 Å². The highest BCUT2D eigenvalue weighted by Gasteiger charge is 2.35. The van der Waals surface area contributed by atoms with Gasteiger partial charge in [0.2, 0.25) is 0 Å². The van der Waals surface area contributed by atoms with Crippen molar-refractivity contribution in [3.8, 4) is 55.6 Å². The van der Waals surface area contributed by atoms with Crippen LogP contribution in [0.5, 0.6) is 0 Å². The summed E-state index contributed by atoms with van der Waals surface area (Å²) in [5.74, 6) is 0. The molecule has 56 heavy (non-hydrogen) atoms. The average molecular weight is 716 g/mol. The second-order valence-electron chi connectivity index (χ2n) is 15.3. The molecule has 10 rings (SSSR count). The van der Waals surface area contributed by atoms with Gasteiger partial charge < -0.3 is 4.90 Å². The first-order valence-electron chi connectivity index (χ1n) is 19.5. The Balaban J connectivity index is 1.17. The summed E-state index contributed by atoms with van der Waals surface area (Å²) < 4.78 is 0. The Bertz CT molecular complexity index is 2860. The Morgan fingerprint density at radius 2 is 0.786 bits per heavy atom. The molecule has 0 saturated carbocycles. The molecule has 0 amide bonds. The molecule has 0 atom stereocenters. The maximum atomic E-state index is 2.44. The van der Waals surface area contributed by atoms with Crippen molar-refractivity contribution >= 4 is 27.8 Å². The smallest absolute Gasteiger partial charge is 0.0468 e. The van der Waals surface area contributed by atoms with Gasteiger partial charge in [-0.3, -0.25) is 0 Å². The predicted octanol–water partition coefficient (Wildman–Crippen LogP) is 15.3. The lowest BCUT2D eigenvalue weighted by molar-refractivity contribution is 0.660. The topological polar surface area (TPSA) is 3.24 Å². The average Bonchev–Trinajstić information content (AvgIpc) is 3.49. The molecule has 9 aromatic rings. The monoisotopic (exact) mass is 715 g/mol. The molecule has 1 aliphatic rings. The van der Waals surface area contributed by atoms with Gasteiger partial charge in [0.05, 0.1) is 0 Å². The zero-order chi connectivity index (χ0) is 37.6. The molecule has 0 aliphatic heterocycles. The Hall–Kier alpha value is -6.96. The van der Waals surface area contributed by atoms with E-state index in [4.69, 9.17) is 0 Å². The molecule has 0 unspecified atom stereocenters. The van der Waals surface area contributed by atoms with Gasteiger partial charge in [-0.05, 0) is 114 Å². The van der Waals surface area contributed by atoms with E-state index in [-0.39, 0.29) is 5.41 Å². The van der Waals surface area contributed by atoms with E-state index in [1.165, 1.54) is 77.5 Å². The molecule has 1 nitrogen and oxygen atoms in total. The molecule has 0 bridgehead atoms. The summed E-state index contributed by atoms with van der Waals surface area (Å²) in [4.78, 5) is 2.44. The van der Waals surface area contributed by atoms with Gasteiger partial charge >= 0.3 is 0 Å². The largest absolute Gasteiger partial charge is 0.310 e. The fourth-order valence-corrected chi connectivity index (χ4v) is 8.90. The van der Waals surface area contributed by atoms with E-state index < -0.39 is 0 Å². The highest BCUT2D eigenvalue weighted by atomic mass is 15.1. The molecule has 0 spiro atoms. The molecule has 0 fully saturated rings. The first-order chi connectivity index (χ1) is 27.5. The van der Waals surface area contributed by atoms with E-state index in [1.54, 1.807) is 0 Å². The van der Waals surface area contributed by atoms with E-state index in [1.807, 2.05) is 0 Å². The third kappa shape index (κ3) is 5.72. The maximum Gasteiger partial charge on any atom is 0.0468 e. The third-order valence-electron chi connectivity index (χ3n) is 11.7. The third-order valence-corrected chi connectivity index (χ3v) is 11.7. The van der Waals surface area contributed by atoms with E-state index in [0.29, 0.717) is 0 Å². The Morgan fingerprint density at radius 1 is 0.304 bits per heavy atom. The number of fused-ring (bicyclic) bond motifs is 4. The minimum Gasteiger partial charge on any atom is -0.310 e. The van der Waals surface area contributed by atoms with E-state index in [9.17, 15) is 0 Å². The van der Waals surface area contributed by atoms with Crippen LogP contribution in [0.15, 0.2) is 212 Å². The van der Waals surface area contributed by atoms with Gasteiger partial charge in [-0.25, -0.2) is 0 Å². The van der Waals surface area contributed by atoms with Crippen molar-refractivity contribution in [1.29, 1.82) is 0 Å². The standard InChI is InChI=1S/C55H41N/c1-55(2)53-27-14-13-25-50(53)51-35-33-44(37-54(51)55)56(42-30-28-41(29-31-42)46-26-15-21-39-20-9-10-22-45(39)46)43-32-34-49(52(36-43)40-18-7-4-8-19-40)48-24-12-11-23-47(48)38-16-5-3-6-17-38/h3-37H,1-2H3. The van der Waals surface area contributed by atoms with Crippen molar-refractivity contribution in [3.05, 3.63) is 223 Å². The summed E-state index contributed by atoms with van der Waals surface area (Å²) in [6.07, 6.45) is 0.